The molecule has 0 aromatic heterocycles. The van der Waals surface area contributed by atoms with E-state index in [4.69, 9.17) is 21.1 Å². The lowest BCUT2D eigenvalue weighted by atomic mass is 10.1. The molecule has 26 heavy (non-hydrogen) atoms. The van der Waals surface area contributed by atoms with E-state index in [2.05, 4.69) is 9.89 Å². The second-order valence-corrected chi connectivity index (χ2v) is 6.47. The van der Waals surface area contributed by atoms with E-state index >= 15 is 0 Å². The molecule has 2 aromatic rings. The van der Waals surface area contributed by atoms with Crippen LogP contribution in [0.5, 0.6) is 0 Å². The van der Waals surface area contributed by atoms with Gasteiger partial charge in [-0.15, -0.1) is 0 Å². The third-order valence-electron chi connectivity index (χ3n) is 4.26. The number of hydrogen-bond donors (Lipinski definition) is 0. The van der Waals surface area contributed by atoms with Crippen LogP contribution in [0.1, 0.15) is 11.1 Å². The molecule has 0 aliphatic carbocycles. The van der Waals surface area contributed by atoms with Crippen LogP contribution in [0, 0.1) is 0 Å². The van der Waals surface area contributed by atoms with Crippen molar-refractivity contribution in [1.29, 1.82) is 0 Å². The summed E-state index contributed by atoms with van der Waals surface area (Å²) in [5.41, 5.74) is 2.99. The lowest BCUT2D eigenvalue weighted by Crippen LogP contribution is -2.36. The van der Waals surface area contributed by atoms with Crippen molar-refractivity contribution in [2.24, 2.45) is 4.99 Å². The van der Waals surface area contributed by atoms with E-state index in [0.29, 0.717) is 10.6 Å². The third kappa shape index (κ3) is 3.64. The summed E-state index contributed by atoms with van der Waals surface area (Å²) in [4.78, 5) is 18.7. The lowest BCUT2D eigenvalue weighted by Gasteiger charge is -2.28. The standard InChI is InChI=1S/C20H17ClN2O3/c21-16-3-1-2-15(13-16)19-22-18(20(24)26-19)12-14-4-6-17(7-5-14)23-8-10-25-11-9-23/h1-7,12-13H,8-11H2. The molecule has 0 unspecified atom stereocenters. The van der Waals surface area contributed by atoms with Gasteiger partial charge < -0.3 is 14.4 Å². The van der Waals surface area contributed by atoms with E-state index in [-0.39, 0.29) is 11.6 Å². The summed E-state index contributed by atoms with van der Waals surface area (Å²) >= 11 is 5.98. The first-order chi connectivity index (χ1) is 12.7. The first kappa shape index (κ1) is 16.8. The average molecular weight is 369 g/mol. The van der Waals surface area contributed by atoms with Gasteiger partial charge in [0.1, 0.15) is 0 Å². The Kier molecular flexibility index (Phi) is 4.73. The minimum Gasteiger partial charge on any atom is -0.402 e. The van der Waals surface area contributed by atoms with E-state index in [9.17, 15) is 4.79 Å². The summed E-state index contributed by atoms with van der Waals surface area (Å²) in [6.07, 6.45) is 1.73. The van der Waals surface area contributed by atoms with Gasteiger partial charge in [0.15, 0.2) is 5.70 Å². The molecule has 0 amide bonds. The molecule has 1 fully saturated rings. The number of anilines is 1. The summed E-state index contributed by atoms with van der Waals surface area (Å²) in [7, 11) is 0. The second kappa shape index (κ2) is 7.32. The van der Waals surface area contributed by atoms with Crippen molar-refractivity contribution in [2.45, 2.75) is 0 Å². The largest absolute Gasteiger partial charge is 0.402 e. The maximum Gasteiger partial charge on any atom is 0.363 e. The summed E-state index contributed by atoms with van der Waals surface area (Å²) < 4.78 is 10.6. The predicted octanol–water partition coefficient (Wildman–Crippen LogP) is 3.52. The van der Waals surface area contributed by atoms with Gasteiger partial charge in [-0.2, -0.15) is 0 Å². The molecule has 0 saturated carbocycles. The molecule has 0 atom stereocenters. The second-order valence-electron chi connectivity index (χ2n) is 6.04. The minimum absolute atomic E-state index is 0.272. The van der Waals surface area contributed by atoms with Gasteiger partial charge >= 0.3 is 5.97 Å². The Morgan fingerprint density at radius 3 is 2.58 bits per heavy atom. The number of cyclic esters (lactones) is 1. The number of aliphatic imine (C=N–C) groups is 1. The first-order valence-corrected chi connectivity index (χ1v) is 8.78. The van der Waals surface area contributed by atoms with Crippen molar-refractivity contribution >= 4 is 35.2 Å². The quantitative estimate of drug-likeness (QED) is 0.614. The van der Waals surface area contributed by atoms with Gasteiger partial charge in [0.2, 0.25) is 5.90 Å². The molecule has 2 aromatic carbocycles. The van der Waals surface area contributed by atoms with Crippen molar-refractivity contribution < 1.29 is 14.3 Å². The Bertz CT molecular complexity index is 884. The predicted molar refractivity (Wildman–Crippen MR) is 102 cm³/mol. The van der Waals surface area contributed by atoms with Crippen LogP contribution in [-0.4, -0.2) is 38.2 Å². The number of nitrogens with zero attached hydrogens (tertiary/aromatic N) is 2. The van der Waals surface area contributed by atoms with E-state index in [1.807, 2.05) is 24.3 Å². The fraction of sp³-hybridized carbons (Fsp3) is 0.200. The van der Waals surface area contributed by atoms with Crippen molar-refractivity contribution in [2.75, 3.05) is 31.2 Å². The number of morpholine rings is 1. The van der Waals surface area contributed by atoms with Gasteiger partial charge in [-0.3, -0.25) is 0 Å². The molecule has 0 spiro atoms. The van der Waals surface area contributed by atoms with Crippen LogP contribution in [0.3, 0.4) is 0 Å². The number of carbonyl (C=O) groups excluding carboxylic acids is 1. The summed E-state index contributed by atoms with van der Waals surface area (Å²) in [5, 5.41) is 0.567. The normalized spacial score (nSPS) is 18.8. The van der Waals surface area contributed by atoms with Crippen LogP contribution >= 0.6 is 11.6 Å². The van der Waals surface area contributed by atoms with Gasteiger partial charge in [0, 0.05) is 29.4 Å². The summed E-state index contributed by atoms with van der Waals surface area (Å²) in [6, 6.07) is 15.1. The van der Waals surface area contributed by atoms with Crippen LogP contribution in [0.25, 0.3) is 6.08 Å². The SMILES string of the molecule is O=C1OC(c2cccc(Cl)c2)=NC1=Cc1ccc(N2CCOCC2)cc1. The smallest absolute Gasteiger partial charge is 0.363 e. The molecule has 1 saturated heterocycles. The maximum atomic E-state index is 12.1. The van der Waals surface area contributed by atoms with Gasteiger partial charge in [-0.25, -0.2) is 9.79 Å². The number of ether oxygens (including phenoxy) is 2. The Labute approximate surface area is 156 Å². The Morgan fingerprint density at radius 2 is 1.85 bits per heavy atom. The minimum atomic E-state index is -0.461. The lowest BCUT2D eigenvalue weighted by molar-refractivity contribution is -0.129. The van der Waals surface area contributed by atoms with Crippen molar-refractivity contribution in [3.63, 3.8) is 0 Å². The summed E-state index contributed by atoms with van der Waals surface area (Å²) in [6.45, 7) is 3.28. The van der Waals surface area contributed by atoms with Crippen molar-refractivity contribution in [3.8, 4) is 0 Å². The Balaban J connectivity index is 1.54. The number of esters is 1. The van der Waals surface area contributed by atoms with Gasteiger partial charge in [-0.1, -0.05) is 29.8 Å². The maximum absolute atomic E-state index is 12.1. The van der Waals surface area contributed by atoms with Gasteiger partial charge in [0.05, 0.1) is 13.2 Å². The molecule has 0 N–H and O–H groups in total. The molecule has 0 bridgehead atoms. The third-order valence-corrected chi connectivity index (χ3v) is 4.50. The highest BCUT2D eigenvalue weighted by molar-refractivity contribution is 6.31. The van der Waals surface area contributed by atoms with Crippen LogP contribution < -0.4 is 4.90 Å². The average Bonchev–Trinajstić information content (AvgIpc) is 3.04. The summed E-state index contributed by atoms with van der Waals surface area (Å²) in [5.74, 6) is -0.189. The molecular formula is C20H17ClN2O3. The number of rotatable bonds is 3. The number of hydrogen-bond acceptors (Lipinski definition) is 5. The van der Waals surface area contributed by atoms with Crippen LogP contribution in [-0.2, 0) is 14.3 Å². The zero-order chi connectivity index (χ0) is 17.9. The highest BCUT2D eigenvalue weighted by Crippen LogP contribution is 2.22. The van der Waals surface area contributed by atoms with E-state index in [0.717, 1.165) is 37.6 Å². The molecule has 2 aliphatic heterocycles. The molecule has 2 aliphatic rings. The van der Waals surface area contributed by atoms with Gasteiger partial charge in [0.25, 0.3) is 0 Å². The number of benzene rings is 2. The van der Waals surface area contributed by atoms with E-state index in [1.165, 1.54) is 0 Å². The molecule has 4 rings (SSSR count). The van der Waals surface area contributed by atoms with Crippen LogP contribution in [0.15, 0.2) is 59.2 Å². The highest BCUT2D eigenvalue weighted by Gasteiger charge is 2.24. The first-order valence-electron chi connectivity index (χ1n) is 8.40. The fourth-order valence-corrected chi connectivity index (χ4v) is 3.11. The molecule has 0 radical (unpaired) electrons. The number of halogens is 1. The Hall–Kier alpha value is -2.63. The molecular weight excluding hydrogens is 352 g/mol. The molecule has 132 valence electrons. The Morgan fingerprint density at radius 1 is 1.08 bits per heavy atom. The van der Waals surface area contributed by atoms with E-state index < -0.39 is 5.97 Å². The van der Waals surface area contributed by atoms with Gasteiger partial charge in [-0.05, 0) is 42.0 Å². The van der Waals surface area contributed by atoms with E-state index in [1.54, 1.807) is 30.3 Å². The molecule has 2 heterocycles. The van der Waals surface area contributed by atoms with Crippen molar-refractivity contribution in [3.05, 3.63) is 70.4 Å². The number of carbonyl (C=O) groups is 1. The fourth-order valence-electron chi connectivity index (χ4n) is 2.91. The highest BCUT2D eigenvalue weighted by atomic mass is 35.5. The zero-order valence-electron chi connectivity index (χ0n) is 14.0. The van der Waals surface area contributed by atoms with Crippen LogP contribution in [0.4, 0.5) is 5.69 Å². The van der Waals surface area contributed by atoms with Crippen molar-refractivity contribution in [1.82, 2.24) is 0 Å². The molecule has 5 nitrogen and oxygen atoms in total. The monoisotopic (exact) mass is 368 g/mol. The molecule has 6 heteroatoms. The topological polar surface area (TPSA) is 51.1 Å². The zero-order valence-corrected chi connectivity index (χ0v) is 14.8. The van der Waals surface area contributed by atoms with Crippen LogP contribution in [0.2, 0.25) is 5.02 Å².